The van der Waals surface area contributed by atoms with Crippen LogP contribution in [0.2, 0.25) is 10.2 Å². The van der Waals surface area contributed by atoms with Crippen LogP contribution >= 0.6 is 23.2 Å². The highest BCUT2D eigenvalue weighted by atomic mass is 35.5. The second-order valence-corrected chi connectivity index (χ2v) is 5.48. The molecule has 2 nitrogen and oxygen atoms in total. The fourth-order valence-electron chi connectivity index (χ4n) is 1.93. The van der Waals surface area contributed by atoms with Crippen LogP contribution in [0.5, 0.6) is 0 Å². The normalized spacial score (nSPS) is 11.4. The van der Waals surface area contributed by atoms with Crippen LogP contribution in [0.25, 0.3) is 10.9 Å². The number of aryl methyl sites for hydroxylation is 1. The summed E-state index contributed by atoms with van der Waals surface area (Å²) < 4.78 is 0. The van der Waals surface area contributed by atoms with Crippen molar-refractivity contribution >= 4 is 34.1 Å². The third kappa shape index (κ3) is 3.35. The Kier molecular flexibility index (Phi) is 4.44. The molecule has 1 aromatic carbocycles. The molecular formula is C14H16Cl2N2. The van der Waals surface area contributed by atoms with Crippen LogP contribution in [0.3, 0.4) is 0 Å². The van der Waals surface area contributed by atoms with Crippen LogP contribution < -0.4 is 0 Å². The monoisotopic (exact) mass is 282 g/mol. The average Bonchev–Trinajstić information content (AvgIpc) is 2.30. The molecule has 0 unspecified atom stereocenters. The van der Waals surface area contributed by atoms with Crippen molar-refractivity contribution in [2.45, 2.75) is 12.8 Å². The molecule has 1 heterocycles. The first-order chi connectivity index (χ1) is 8.56. The molecule has 18 heavy (non-hydrogen) atoms. The molecular weight excluding hydrogens is 267 g/mol. The van der Waals surface area contributed by atoms with Crippen LogP contribution in [0.1, 0.15) is 12.0 Å². The molecule has 0 fully saturated rings. The van der Waals surface area contributed by atoms with E-state index in [2.05, 4.69) is 30.0 Å². The minimum absolute atomic E-state index is 0.601. The van der Waals surface area contributed by atoms with Crippen molar-refractivity contribution < 1.29 is 0 Å². The van der Waals surface area contributed by atoms with E-state index in [0.717, 1.165) is 40.9 Å². The Hall–Kier alpha value is -0.830. The van der Waals surface area contributed by atoms with Gasteiger partial charge in [-0.05, 0) is 63.3 Å². The van der Waals surface area contributed by atoms with E-state index in [1.807, 2.05) is 18.2 Å². The van der Waals surface area contributed by atoms with Gasteiger partial charge in [-0.1, -0.05) is 23.2 Å². The van der Waals surface area contributed by atoms with E-state index in [1.54, 1.807) is 0 Å². The van der Waals surface area contributed by atoms with Crippen LogP contribution in [-0.4, -0.2) is 30.5 Å². The summed E-state index contributed by atoms with van der Waals surface area (Å²) in [6.45, 7) is 1.05. The fourth-order valence-corrected chi connectivity index (χ4v) is 2.35. The molecule has 0 aliphatic heterocycles. The standard InChI is InChI=1S/C14H16Cl2N2/c1-18(2)7-3-4-10-8-11-9-12(15)5-6-13(11)17-14(10)16/h5-6,8-9H,3-4,7H2,1-2H3. The van der Waals surface area contributed by atoms with E-state index in [4.69, 9.17) is 23.2 Å². The van der Waals surface area contributed by atoms with E-state index in [1.165, 1.54) is 0 Å². The van der Waals surface area contributed by atoms with Crippen molar-refractivity contribution in [2.24, 2.45) is 0 Å². The van der Waals surface area contributed by atoms with Crippen molar-refractivity contribution in [3.8, 4) is 0 Å². The first kappa shape index (κ1) is 13.6. The summed E-state index contributed by atoms with van der Waals surface area (Å²) in [5.41, 5.74) is 1.98. The highest BCUT2D eigenvalue weighted by molar-refractivity contribution is 6.32. The maximum absolute atomic E-state index is 6.20. The lowest BCUT2D eigenvalue weighted by molar-refractivity contribution is 0.400. The van der Waals surface area contributed by atoms with Gasteiger partial charge in [0.05, 0.1) is 5.52 Å². The summed E-state index contributed by atoms with van der Waals surface area (Å²) in [5.74, 6) is 0. The highest BCUT2D eigenvalue weighted by Gasteiger charge is 2.05. The SMILES string of the molecule is CN(C)CCCc1cc2cc(Cl)ccc2nc1Cl. The zero-order chi connectivity index (χ0) is 13.1. The van der Waals surface area contributed by atoms with Gasteiger partial charge in [-0.15, -0.1) is 0 Å². The van der Waals surface area contributed by atoms with Gasteiger partial charge in [0, 0.05) is 10.4 Å². The summed E-state index contributed by atoms with van der Waals surface area (Å²) in [5, 5.41) is 2.38. The number of nitrogens with zero attached hydrogens (tertiary/aromatic N) is 2. The molecule has 0 spiro atoms. The third-order valence-electron chi connectivity index (χ3n) is 2.85. The van der Waals surface area contributed by atoms with Gasteiger partial charge >= 0.3 is 0 Å². The third-order valence-corrected chi connectivity index (χ3v) is 3.42. The molecule has 0 saturated heterocycles. The molecule has 0 saturated carbocycles. The Morgan fingerprint density at radius 2 is 1.94 bits per heavy atom. The van der Waals surface area contributed by atoms with Gasteiger partial charge in [-0.25, -0.2) is 4.98 Å². The van der Waals surface area contributed by atoms with Gasteiger partial charge in [-0.3, -0.25) is 0 Å². The summed E-state index contributed by atoms with van der Waals surface area (Å²) in [7, 11) is 4.14. The van der Waals surface area contributed by atoms with Crippen molar-refractivity contribution in [3.63, 3.8) is 0 Å². The lowest BCUT2D eigenvalue weighted by Crippen LogP contribution is -2.13. The summed E-state index contributed by atoms with van der Waals surface area (Å²) in [6, 6.07) is 7.74. The molecule has 0 aliphatic carbocycles. The Balaban J connectivity index is 2.24. The maximum atomic E-state index is 6.20. The van der Waals surface area contributed by atoms with Gasteiger partial charge in [-0.2, -0.15) is 0 Å². The molecule has 0 amide bonds. The number of fused-ring (bicyclic) bond motifs is 1. The Morgan fingerprint density at radius 1 is 1.17 bits per heavy atom. The lowest BCUT2D eigenvalue weighted by atomic mass is 10.1. The summed E-state index contributed by atoms with van der Waals surface area (Å²) >= 11 is 12.2. The maximum Gasteiger partial charge on any atom is 0.132 e. The smallest absolute Gasteiger partial charge is 0.132 e. The van der Waals surface area contributed by atoms with E-state index in [9.17, 15) is 0 Å². The molecule has 96 valence electrons. The Bertz CT molecular complexity index is 553. The predicted octanol–water partition coefficient (Wildman–Crippen LogP) is 4.04. The van der Waals surface area contributed by atoms with Crippen LogP contribution in [0.4, 0.5) is 0 Å². The second-order valence-electron chi connectivity index (χ2n) is 4.68. The van der Waals surface area contributed by atoms with Crippen molar-refractivity contribution in [1.29, 1.82) is 0 Å². The van der Waals surface area contributed by atoms with Crippen LogP contribution in [0.15, 0.2) is 24.3 Å². The topological polar surface area (TPSA) is 16.1 Å². The Labute approximate surface area is 118 Å². The van der Waals surface area contributed by atoms with Crippen LogP contribution in [-0.2, 0) is 6.42 Å². The predicted molar refractivity (Wildman–Crippen MR) is 78.6 cm³/mol. The van der Waals surface area contributed by atoms with Gasteiger partial charge in [0.1, 0.15) is 5.15 Å². The number of hydrogen-bond acceptors (Lipinski definition) is 2. The number of pyridine rings is 1. The molecule has 4 heteroatoms. The zero-order valence-electron chi connectivity index (χ0n) is 10.6. The number of halogens is 2. The minimum Gasteiger partial charge on any atom is -0.309 e. The molecule has 0 radical (unpaired) electrons. The second kappa shape index (κ2) is 5.87. The number of hydrogen-bond donors (Lipinski definition) is 0. The van der Waals surface area contributed by atoms with E-state index in [-0.39, 0.29) is 0 Å². The van der Waals surface area contributed by atoms with E-state index >= 15 is 0 Å². The van der Waals surface area contributed by atoms with Crippen LogP contribution in [0, 0.1) is 0 Å². The first-order valence-electron chi connectivity index (χ1n) is 5.95. The minimum atomic E-state index is 0.601. The van der Waals surface area contributed by atoms with E-state index < -0.39 is 0 Å². The van der Waals surface area contributed by atoms with Crippen molar-refractivity contribution in [2.75, 3.05) is 20.6 Å². The Morgan fingerprint density at radius 3 is 2.67 bits per heavy atom. The molecule has 0 atom stereocenters. The molecule has 0 N–H and O–H groups in total. The van der Waals surface area contributed by atoms with Gasteiger partial charge in [0.25, 0.3) is 0 Å². The van der Waals surface area contributed by atoms with Gasteiger partial charge in [0.15, 0.2) is 0 Å². The fraction of sp³-hybridized carbons (Fsp3) is 0.357. The van der Waals surface area contributed by atoms with Crippen molar-refractivity contribution in [1.82, 2.24) is 9.88 Å². The zero-order valence-corrected chi connectivity index (χ0v) is 12.1. The average molecular weight is 283 g/mol. The van der Waals surface area contributed by atoms with E-state index in [0.29, 0.717) is 5.15 Å². The van der Waals surface area contributed by atoms with Gasteiger partial charge in [0.2, 0.25) is 0 Å². The molecule has 2 rings (SSSR count). The van der Waals surface area contributed by atoms with Gasteiger partial charge < -0.3 is 4.90 Å². The molecule has 2 aromatic rings. The molecule has 0 aliphatic rings. The summed E-state index contributed by atoms with van der Waals surface area (Å²) in [6.07, 6.45) is 2.01. The number of aromatic nitrogens is 1. The highest BCUT2D eigenvalue weighted by Crippen LogP contribution is 2.24. The van der Waals surface area contributed by atoms with Crippen molar-refractivity contribution in [3.05, 3.63) is 40.0 Å². The lowest BCUT2D eigenvalue weighted by Gasteiger charge is -2.10. The number of benzene rings is 1. The number of rotatable bonds is 4. The first-order valence-corrected chi connectivity index (χ1v) is 6.71. The molecule has 1 aromatic heterocycles. The summed E-state index contributed by atoms with van der Waals surface area (Å²) in [4.78, 5) is 6.57. The quantitative estimate of drug-likeness (QED) is 0.787. The largest absolute Gasteiger partial charge is 0.309 e. The molecule has 0 bridgehead atoms.